The van der Waals surface area contributed by atoms with Gasteiger partial charge in [0.1, 0.15) is 11.4 Å². The zero-order valence-corrected chi connectivity index (χ0v) is 30.5. The molecule has 0 aliphatic carbocycles. The number of fused-ring (bicyclic) bond motifs is 2. The van der Waals surface area contributed by atoms with Crippen LogP contribution < -0.4 is 24.4 Å². The van der Waals surface area contributed by atoms with Crippen molar-refractivity contribution in [2.75, 3.05) is 49.7 Å². The third-order valence-electron chi connectivity index (χ3n) is 8.72. The van der Waals surface area contributed by atoms with E-state index < -0.39 is 0 Å². The number of pyridine rings is 1. The molecule has 0 radical (unpaired) electrons. The molecule has 0 saturated carbocycles. The number of carbonyl (C=O) groups is 1. The molecule has 0 atom stereocenters. The molecule has 1 amide bonds. The number of piperazine rings is 1. The number of aromatic nitrogens is 2. The molecule has 0 unspecified atom stereocenters. The lowest BCUT2D eigenvalue weighted by molar-refractivity contribution is 0.0619. The third-order valence-corrected chi connectivity index (χ3v) is 9.78. The van der Waals surface area contributed by atoms with Gasteiger partial charge in [0.15, 0.2) is 16.6 Å². The molecule has 14 heteroatoms. The number of carbonyl (C=O) groups excluding carboxylic acids is 1. The second-order valence-electron chi connectivity index (χ2n) is 11.8. The van der Waals surface area contributed by atoms with Gasteiger partial charge in [-0.15, -0.1) is 12.4 Å². The van der Waals surface area contributed by atoms with E-state index in [1.165, 1.54) is 5.56 Å². The van der Waals surface area contributed by atoms with Crippen molar-refractivity contribution < 1.29 is 19.0 Å². The number of hydrogen-bond donors (Lipinski definition) is 1. The molecule has 50 heavy (non-hydrogen) atoms. The predicted octanol–water partition coefficient (Wildman–Crippen LogP) is 8.00. The second kappa shape index (κ2) is 15.3. The Kier molecular flexibility index (Phi) is 10.9. The molecule has 5 aromatic rings. The van der Waals surface area contributed by atoms with E-state index in [9.17, 15) is 4.79 Å². The van der Waals surface area contributed by atoms with Gasteiger partial charge in [0.05, 0.1) is 21.9 Å². The summed E-state index contributed by atoms with van der Waals surface area (Å²) in [6, 6.07) is 22.7. The number of rotatable bonds is 8. The average molecular weight is 754 g/mol. The van der Waals surface area contributed by atoms with Gasteiger partial charge < -0.3 is 33.9 Å². The van der Waals surface area contributed by atoms with Crippen molar-refractivity contribution in [2.24, 2.45) is 7.05 Å². The van der Waals surface area contributed by atoms with Crippen molar-refractivity contribution in [2.45, 2.75) is 13.5 Å². The first-order valence-corrected chi connectivity index (χ1v) is 17.1. The average Bonchev–Trinajstić information content (AvgIpc) is 3.71. The summed E-state index contributed by atoms with van der Waals surface area (Å²) in [6.45, 7) is 6.60. The molecule has 3 aromatic carbocycles. The SMILES string of the molecule is CCN(C(=S)Nc1ccc(Cl)c(Cl)c1)c1ccc(Oc2ccc3c(c2)cc(C(=O)N2CCN(Cc4ccc5c(c4)OCO5)CC2)n3C)nc1.Cl. The van der Waals surface area contributed by atoms with Crippen molar-refractivity contribution >= 4 is 81.1 Å². The highest BCUT2D eigenvalue weighted by molar-refractivity contribution is 7.80. The second-order valence-corrected chi connectivity index (χ2v) is 13.0. The summed E-state index contributed by atoms with van der Waals surface area (Å²) in [6.07, 6.45) is 1.72. The maximum Gasteiger partial charge on any atom is 0.270 e. The van der Waals surface area contributed by atoms with Crippen LogP contribution in [0.15, 0.2) is 79.0 Å². The van der Waals surface area contributed by atoms with Gasteiger partial charge in [-0.25, -0.2) is 4.98 Å². The van der Waals surface area contributed by atoms with Crippen molar-refractivity contribution in [1.29, 1.82) is 0 Å². The van der Waals surface area contributed by atoms with E-state index in [-0.39, 0.29) is 25.1 Å². The molecule has 0 bridgehead atoms. The minimum Gasteiger partial charge on any atom is -0.454 e. The van der Waals surface area contributed by atoms with E-state index in [2.05, 4.69) is 21.3 Å². The van der Waals surface area contributed by atoms with Crippen molar-refractivity contribution in [3.8, 4) is 23.1 Å². The zero-order valence-electron chi connectivity index (χ0n) is 27.4. The largest absolute Gasteiger partial charge is 0.454 e. The number of nitrogens with one attached hydrogen (secondary N) is 1. The maximum absolute atomic E-state index is 13.6. The molecule has 2 aromatic heterocycles. The quantitative estimate of drug-likeness (QED) is 0.159. The molecular weight excluding hydrogens is 719 g/mol. The number of thiocarbonyl (C=S) groups is 1. The van der Waals surface area contributed by atoms with Crippen LogP contribution >= 0.6 is 47.8 Å². The summed E-state index contributed by atoms with van der Waals surface area (Å²) in [4.78, 5) is 24.4. The third kappa shape index (κ3) is 7.57. The molecule has 7 rings (SSSR count). The summed E-state index contributed by atoms with van der Waals surface area (Å²) in [7, 11) is 1.92. The van der Waals surface area contributed by atoms with Crippen LogP contribution in [0, 0.1) is 0 Å². The molecule has 0 spiro atoms. The normalized spacial score (nSPS) is 14.0. The first-order chi connectivity index (χ1) is 23.7. The first-order valence-electron chi connectivity index (χ1n) is 15.9. The molecule has 2 aliphatic rings. The Bertz CT molecular complexity index is 2030. The van der Waals surface area contributed by atoms with Gasteiger partial charge in [-0.05, 0) is 85.4 Å². The topological polar surface area (TPSA) is 84.3 Å². The van der Waals surface area contributed by atoms with Crippen molar-refractivity contribution in [3.63, 3.8) is 0 Å². The maximum atomic E-state index is 13.6. The summed E-state index contributed by atoms with van der Waals surface area (Å²) < 4.78 is 19.0. The minimum atomic E-state index is 0. The lowest BCUT2D eigenvalue weighted by Crippen LogP contribution is -2.48. The Morgan fingerprint density at radius 2 is 1.76 bits per heavy atom. The Morgan fingerprint density at radius 1 is 0.960 bits per heavy atom. The fraction of sp³-hybridized carbons (Fsp3) is 0.250. The summed E-state index contributed by atoms with van der Waals surface area (Å²) >= 11 is 17.9. The van der Waals surface area contributed by atoms with Crippen LogP contribution in [-0.2, 0) is 13.6 Å². The number of aryl methyl sites for hydroxylation is 1. The van der Waals surface area contributed by atoms with E-state index in [4.69, 9.17) is 49.6 Å². The molecule has 1 N–H and O–H groups in total. The highest BCUT2D eigenvalue weighted by Crippen LogP contribution is 2.33. The van der Waals surface area contributed by atoms with Crippen LogP contribution in [0.4, 0.5) is 11.4 Å². The van der Waals surface area contributed by atoms with Gasteiger partial charge in [0, 0.05) is 69.0 Å². The summed E-state index contributed by atoms with van der Waals surface area (Å²) in [5.74, 6) is 2.66. The smallest absolute Gasteiger partial charge is 0.270 e. The molecule has 10 nitrogen and oxygen atoms in total. The van der Waals surface area contributed by atoms with Gasteiger partial charge in [-0.3, -0.25) is 9.69 Å². The van der Waals surface area contributed by atoms with Crippen molar-refractivity contribution in [1.82, 2.24) is 19.4 Å². The van der Waals surface area contributed by atoms with Gasteiger partial charge in [0.25, 0.3) is 5.91 Å². The van der Waals surface area contributed by atoms with Gasteiger partial charge in [0.2, 0.25) is 12.7 Å². The molecule has 1 saturated heterocycles. The monoisotopic (exact) mass is 752 g/mol. The fourth-order valence-electron chi connectivity index (χ4n) is 6.09. The Morgan fingerprint density at radius 3 is 2.50 bits per heavy atom. The number of hydrogen-bond acceptors (Lipinski definition) is 7. The predicted molar refractivity (Wildman–Crippen MR) is 204 cm³/mol. The summed E-state index contributed by atoms with van der Waals surface area (Å²) in [5.41, 5.74) is 4.31. The zero-order chi connectivity index (χ0) is 34.1. The standard InChI is InChI=1S/C36H34Cl2N6O4S.ClH/c1-3-44(36(49)40-25-5-8-28(37)29(38)19-25)26-6-11-34(39-20-26)48-27-7-9-30-24(17-27)18-31(41(30)2)35(45)43-14-12-42(13-15-43)21-23-4-10-32-33(16-23)47-22-46-32;/h4-11,16-20H,3,12-15,21-22H2,1-2H3,(H,40,49);1H. The van der Waals surface area contributed by atoms with Crippen LogP contribution in [0.25, 0.3) is 10.9 Å². The highest BCUT2D eigenvalue weighted by atomic mass is 35.5. The van der Waals surface area contributed by atoms with Crippen LogP contribution in [-0.4, -0.2) is 69.9 Å². The number of halogens is 3. The summed E-state index contributed by atoms with van der Waals surface area (Å²) in [5, 5.41) is 5.54. The van der Waals surface area contributed by atoms with E-state index in [0.717, 1.165) is 53.4 Å². The lowest BCUT2D eigenvalue weighted by atomic mass is 10.1. The van der Waals surface area contributed by atoms with Crippen LogP contribution in [0.2, 0.25) is 10.0 Å². The number of ether oxygens (including phenoxy) is 3. The molecule has 2 aliphatic heterocycles. The highest BCUT2D eigenvalue weighted by Gasteiger charge is 2.25. The van der Waals surface area contributed by atoms with E-state index in [1.807, 2.05) is 76.9 Å². The molecule has 4 heterocycles. The number of nitrogens with zero attached hydrogens (tertiary/aromatic N) is 5. The van der Waals surface area contributed by atoms with Gasteiger partial charge >= 0.3 is 0 Å². The van der Waals surface area contributed by atoms with E-state index >= 15 is 0 Å². The van der Waals surface area contributed by atoms with Crippen molar-refractivity contribution in [3.05, 3.63) is 100 Å². The Balaban J connectivity index is 0.00000432. The minimum absolute atomic E-state index is 0. The Labute approximate surface area is 311 Å². The molecular formula is C36H35Cl3N6O4S. The fourth-order valence-corrected chi connectivity index (χ4v) is 6.74. The Hall–Kier alpha value is -4.26. The van der Waals surface area contributed by atoms with Gasteiger partial charge in [-0.2, -0.15) is 0 Å². The number of anilines is 2. The van der Waals surface area contributed by atoms with Crippen LogP contribution in [0.3, 0.4) is 0 Å². The van der Waals surface area contributed by atoms with Crippen LogP contribution in [0.1, 0.15) is 23.0 Å². The molecule has 1 fully saturated rings. The van der Waals surface area contributed by atoms with Gasteiger partial charge in [-0.1, -0.05) is 29.3 Å². The van der Waals surface area contributed by atoms with E-state index in [1.54, 1.807) is 24.4 Å². The number of amides is 1. The number of benzene rings is 3. The molecule has 260 valence electrons. The van der Waals surface area contributed by atoms with E-state index in [0.29, 0.717) is 52.1 Å². The lowest BCUT2D eigenvalue weighted by Gasteiger charge is -2.34. The first kappa shape index (κ1) is 35.6. The van der Waals surface area contributed by atoms with Crippen LogP contribution in [0.5, 0.6) is 23.1 Å².